The highest BCUT2D eigenvalue weighted by Crippen LogP contribution is 2.26. The van der Waals surface area contributed by atoms with E-state index in [0.29, 0.717) is 27.3 Å². The van der Waals surface area contributed by atoms with E-state index in [2.05, 4.69) is 26.6 Å². The molecule has 0 heterocycles. The average Bonchev–Trinajstić information content (AvgIpc) is 2.57. The van der Waals surface area contributed by atoms with E-state index >= 15 is 0 Å². The number of amides is 2. The summed E-state index contributed by atoms with van der Waals surface area (Å²) in [7, 11) is 0. The summed E-state index contributed by atoms with van der Waals surface area (Å²) in [5.41, 5.74) is 0.826. The Morgan fingerprint density at radius 1 is 1.16 bits per heavy atom. The molecule has 0 atom stereocenters. The van der Waals surface area contributed by atoms with E-state index in [9.17, 15) is 14.0 Å². The number of anilines is 2. The van der Waals surface area contributed by atoms with Crippen LogP contribution in [0.2, 0.25) is 5.02 Å². The summed E-state index contributed by atoms with van der Waals surface area (Å²) in [5.74, 6) is -1.28. The van der Waals surface area contributed by atoms with E-state index in [1.165, 1.54) is 18.2 Å². The maximum atomic E-state index is 13.7. The largest absolute Gasteiger partial charge is 0.481 e. The minimum Gasteiger partial charge on any atom is -0.481 e. The Morgan fingerprint density at radius 2 is 1.92 bits per heavy atom. The van der Waals surface area contributed by atoms with Crippen molar-refractivity contribution in [2.45, 2.75) is 13.3 Å². The van der Waals surface area contributed by atoms with Gasteiger partial charge in [0.15, 0.2) is 18.2 Å². The summed E-state index contributed by atoms with van der Waals surface area (Å²) in [4.78, 5) is 23.4. The van der Waals surface area contributed by atoms with Crippen molar-refractivity contribution >= 4 is 50.7 Å². The number of ether oxygens (including phenoxy) is 1. The SMILES string of the molecule is CCC(=O)Nc1ccc(Cl)c(NC(=O)COc2ccc(Br)cc2F)c1. The zero-order valence-electron chi connectivity index (χ0n) is 13.2. The Hall–Kier alpha value is -2.12. The van der Waals surface area contributed by atoms with Gasteiger partial charge in [-0.1, -0.05) is 34.5 Å². The lowest BCUT2D eigenvalue weighted by Gasteiger charge is -2.11. The van der Waals surface area contributed by atoms with Gasteiger partial charge in [-0.05, 0) is 36.4 Å². The quantitative estimate of drug-likeness (QED) is 0.705. The molecule has 25 heavy (non-hydrogen) atoms. The van der Waals surface area contributed by atoms with E-state index in [-0.39, 0.29) is 18.3 Å². The molecule has 0 aliphatic heterocycles. The van der Waals surface area contributed by atoms with E-state index in [4.69, 9.17) is 16.3 Å². The number of hydrogen-bond donors (Lipinski definition) is 2. The van der Waals surface area contributed by atoms with Crippen LogP contribution in [-0.2, 0) is 9.59 Å². The lowest BCUT2D eigenvalue weighted by Crippen LogP contribution is -2.21. The van der Waals surface area contributed by atoms with Crippen LogP contribution in [-0.4, -0.2) is 18.4 Å². The van der Waals surface area contributed by atoms with E-state index in [1.54, 1.807) is 25.1 Å². The first-order valence-corrected chi connectivity index (χ1v) is 8.53. The second-order valence-corrected chi connectivity index (χ2v) is 6.33. The third-order valence-corrected chi connectivity index (χ3v) is 3.92. The summed E-state index contributed by atoms with van der Waals surface area (Å²) in [5, 5.41) is 5.54. The summed E-state index contributed by atoms with van der Waals surface area (Å²) in [6.45, 7) is 1.34. The number of rotatable bonds is 6. The molecule has 0 unspecified atom stereocenters. The van der Waals surface area contributed by atoms with Gasteiger partial charge in [-0.3, -0.25) is 9.59 Å². The topological polar surface area (TPSA) is 67.4 Å². The van der Waals surface area contributed by atoms with Crippen LogP contribution in [0.5, 0.6) is 5.75 Å². The standard InChI is InChI=1S/C17H15BrClFN2O3/c1-2-16(23)21-11-4-5-12(19)14(8-11)22-17(24)9-25-15-6-3-10(18)7-13(15)20/h3-8H,2,9H2,1H3,(H,21,23)(H,22,24). The molecule has 0 bridgehead atoms. The number of hydrogen-bond acceptors (Lipinski definition) is 3. The van der Waals surface area contributed by atoms with Crippen molar-refractivity contribution in [1.29, 1.82) is 0 Å². The molecule has 0 saturated heterocycles. The molecule has 0 aromatic heterocycles. The van der Waals surface area contributed by atoms with Crippen molar-refractivity contribution in [3.63, 3.8) is 0 Å². The van der Waals surface area contributed by atoms with Gasteiger partial charge in [-0.15, -0.1) is 0 Å². The first-order chi connectivity index (χ1) is 11.9. The highest BCUT2D eigenvalue weighted by atomic mass is 79.9. The normalized spacial score (nSPS) is 10.2. The monoisotopic (exact) mass is 428 g/mol. The zero-order chi connectivity index (χ0) is 18.4. The van der Waals surface area contributed by atoms with Crippen LogP contribution in [0.4, 0.5) is 15.8 Å². The summed E-state index contributed by atoms with van der Waals surface area (Å²) >= 11 is 9.18. The molecule has 0 spiro atoms. The predicted octanol–water partition coefficient (Wildman–Crippen LogP) is 4.61. The van der Waals surface area contributed by atoms with Crippen LogP contribution >= 0.6 is 27.5 Å². The van der Waals surface area contributed by atoms with Crippen molar-refractivity contribution in [1.82, 2.24) is 0 Å². The van der Waals surface area contributed by atoms with Gasteiger partial charge in [0, 0.05) is 16.6 Å². The van der Waals surface area contributed by atoms with Gasteiger partial charge in [-0.2, -0.15) is 0 Å². The molecule has 0 fully saturated rings. The van der Waals surface area contributed by atoms with Gasteiger partial charge < -0.3 is 15.4 Å². The molecule has 2 rings (SSSR count). The molecular weight excluding hydrogens is 415 g/mol. The maximum absolute atomic E-state index is 13.7. The van der Waals surface area contributed by atoms with Crippen molar-refractivity contribution in [2.75, 3.05) is 17.2 Å². The number of benzene rings is 2. The third kappa shape index (κ3) is 5.72. The molecule has 0 aliphatic carbocycles. The molecule has 0 radical (unpaired) electrons. The smallest absolute Gasteiger partial charge is 0.262 e. The fourth-order valence-electron chi connectivity index (χ4n) is 1.87. The van der Waals surface area contributed by atoms with Crippen LogP contribution in [0.15, 0.2) is 40.9 Å². The van der Waals surface area contributed by atoms with E-state index < -0.39 is 11.7 Å². The number of nitrogens with one attached hydrogen (secondary N) is 2. The molecule has 2 aromatic rings. The molecule has 0 aliphatic rings. The van der Waals surface area contributed by atoms with E-state index in [0.717, 1.165) is 0 Å². The molecule has 2 amide bonds. The summed E-state index contributed by atoms with van der Waals surface area (Å²) in [6, 6.07) is 8.97. The number of carbonyl (C=O) groups excluding carboxylic acids is 2. The van der Waals surface area contributed by atoms with Crippen LogP contribution in [0.25, 0.3) is 0 Å². The molecule has 0 saturated carbocycles. The first kappa shape index (κ1) is 19.2. The summed E-state index contributed by atoms with van der Waals surface area (Å²) in [6.07, 6.45) is 0.330. The van der Waals surface area contributed by atoms with Gasteiger partial charge in [0.2, 0.25) is 5.91 Å². The Labute approximate surface area is 157 Å². The highest BCUT2D eigenvalue weighted by Gasteiger charge is 2.11. The predicted molar refractivity (Wildman–Crippen MR) is 98.6 cm³/mol. The summed E-state index contributed by atoms with van der Waals surface area (Å²) < 4.78 is 19.4. The van der Waals surface area contributed by atoms with Crippen molar-refractivity contribution < 1.29 is 18.7 Å². The molecule has 132 valence electrons. The zero-order valence-corrected chi connectivity index (χ0v) is 15.6. The molecule has 8 heteroatoms. The molecular formula is C17H15BrClFN2O3. The lowest BCUT2D eigenvalue weighted by atomic mass is 10.2. The van der Waals surface area contributed by atoms with Gasteiger partial charge in [0.1, 0.15) is 0 Å². The molecule has 2 N–H and O–H groups in total. The molecule has 5 nitrogen and oxygen atoms in total. The van der Waals surface area contributed by atoms with Crippen molar-refractivity contribution in [3.05, 3.63) is 51.7 Å². The second kappa shape index (κ2) is 8.82. The van der Waals surface area contributed by atoms with Crippen LogP contribution in [0.1, 0.15) is 13.3 Å². The second-order valence-electron chi connectivity index (χ2n) is 5.01. The lowest BCUT2D eigenvalue weighted by molar-refractivity contribution is -0.118. The maximum Gasteiger partial charge on any atom is 0.262 e. The fraction of sp³-hybridized carbons (Fsp3) is 0.176. The Bertz CT molecular complexity index is 801. The number of halogens is 3. The van der Waals surface area contributed by atoms with Gasteiger partial charge in [0.25, 0.3) is 5.91 Å². The highest BCUT2D eigenvalue weighted by molar-refractivity contribution is 9.10. The van der Waals surface area contributed by atoms with Gasteiger partial charge >= 0.3 is 0 Å². The Morgan fingerprint density at radius 3 is 2.60 bits per heavy atom. The van der Waals surface area contributed by atoms with Crippen LogP contribution < -0.4 is 15.4 Å². The van der Waals surface area contributed by atoms with Crippen molar-refractivity contribution in [2.24, 2.45) is 0 Å². The fourth-order valence-corrected chi connectivity index (χ4v) is 2.37. The van der Waals surface area contributed by atoms with Crippen LogP contribution in [0, 0.1) is 5.82 Å². The minimum atomic E-state index is -0.579. The average molecular weight is 430 g/mol. The van der Waals surface area contributed by atoms with E-state index in [1.807, 2.05) is 0 Å². The van der Waals surface area contributed by atoms with Crippen molar-refractivity contribution in [3.8, 4) is 5.75 Å². The van der Waals surface area contributed by atoms with Gasteiger partial charge in [0.05, 0.1) is 10.7 Å². The first-order valence-electron chi connectivity index (χ1n) is 7.36. The van der Waals surface area contributed by atoms with Gasteiger partial charge in [-0.25, -0.2) is 4.39 Å². The van der Waals surface area contributed by atoms with Crippen LogP contribution in [0.3, 0.4) is 0 Å². The number of carbonyl (C=O) groups is 2. The minimum absolute atomic E-state index is 0.0339. The third-order valence-electron chi connectivity index (χ3n) is 3.10. The molecule has 2 aromatic carbocycles. The Kier molecular flexibility index (Phi) is 6.78. The Balaban J connectivity index is 1.99.